The van der Waals surface area contributed by atoms with Crippen LogP contribution in [-0.4, -0.2) is 34.8 Å². The lowest BCUT2D eigenvalue weighted by Crippen LogP contribution is -2.57. The van der Waals surface area contributed by atoms with Crippen LogP contribution in [0, 0.1) is 23.2 Å². The Hall–Kier alpha value is -3.59. The lowest BCUT2D eigenvalue weighted by Gasteiger charge is -2.56. The Morgan fingerprint density at radius 3 is 2.49 bits per heavy atom. The van der Waals surface area contributed by atoms with E-state index in [9.17, 15) is 9.59 Å². The van der Waals surface area contributed by atoms with Crippen molar-refractivity contribution < 1.29 is 14.3 Å². The molecular weight excluding hydrogens is 462 g/mol. The lowest BCUT2D eigenvalue weighted by atomic mass is 9.50. The quantitative estimate of drug-likeness (QED) is 0.369. The van der Waals surface area contributed by atoms with Crippen LogP contribution in [0.5, 0.6) is 0 Å². The second-order valence-corrected chi connectivity index (χ2v) is 11.2. The fourth-order valence-corrected chi connectivity index (χ4v) is 6.49. The molecule has 190 valence electrons. The van der Waals surface area contributed by atoms with Crippen LogP contribution < -0.4 is 5.32 Å². The smallest absolute Gasteiger partial charge is 0.308 e. The third-order valence-corrected chi connectivity index (χ3v) is 8.68. The van der Waals surface area contributed by atoms with Crippen molar-refractivity contribution in [2.24, 2.45) is 11.3 Å². The van der Waals surface area contributed by atoms with E-state index in [4.69, 9.17) is 9.84 Å². The SMILES string of the molecule is CC#Cc1ccc(C(=O)NC2CC3(C2)CC(C(=O)OC)C3)c2c1cnn2[C@H](C)c1ccc(C2CC2)cc1. The van der Waals surface area contributed by atoms with Crippen molar-refractivity contribution in [2.75, 3.05) is 7.11 Å². The average molecular weight is 496 g/mol. The molecule has 1 heterocycles. The molecule has 0 bridgehead atoms. The standard InChI is InChI=1S/C31H33N3O3/c1-4-5-23-12-13-26(29(35)33-25-16-31(17-25)14-24(15-31)30(36)37-3)28-27(23)18-32-34(28)19(2)20-6-8-21(9-7-20)22-10-11-22/h6-9,12-13,18-19,22,24-25H,10-11,14-17H2,1-3H3,(H,33,35)/t19-,24?,25?,31?/m1/s1. The normalized spacial score (nSPS) is 24.9. The summed E-state index contributed by atoms with van der Waals surface area (Å²) >= 11 is 0. The van der Waals surface area contributed by atoms with Gasteiger partial charge < -0.3 is 10.1 Å². The third kappa shape index (κ3) is 4.21. The Bertz CT molecular complexity index is 1420. The first-order valence-electron chi connectivity index (χ1n) is 13.3. The van der Waals surface area contributed by atoms with Gasteiger partial charge in [0.25, 0.3) is 5.91 Å². The van der Waals surface area contributed by atoms with Gasteiger partial charge in [0.2, 0.25) is 0 Å². The molecule has 1 atom stereocenters. The van der Waals surface area contributed by atoms with Crippen LogP contribution in [0.3, 0.4) is 0 Å². The van der Waals surface area contributed by atoms with Crippen molar-refractivity contribution in [3.05, 3.63) is 64.8 Å². The van der Waals surface area contributed by atoms with E-state index in [1.165, 1.54) is 31.1 Å². The minimum atomic E-state index is -0.111. The van der Waals surface area contributed by atoms with Crippen molar-refractivity contribution in [1.29, 1.82) is 0 Å². The van der Waals surface area contributed by atoms with E-state index in [0.29, 0.717) is 5.56 Å². The van der Waals surface area contributed by atoms with Gasteiger partial charge in [0.1, 0.15) is 0 Å². The predicted molar refractivity (Wildman–Crippen MR) is 142 cm³/mol. The predicted octanol–water partition coefficient (Wildman–Crippen LogP) is 5.36. The highest BCUT2D eigenvalue weighted by Gasteiger charge is 2.55. The zero-order valence-corrected chi connectivity index (χ0v) is 21.7. The molecule has 1 spiro atoms. The highest BCUT2D eigenvalue weighted by molar-refractivity contribution is 6.07. The van der Waals surface area contributed by atoms with Gasteiger partial charge in [0.15, 0.2) is 0 Å². The number of esters is 1. The van der Waals surface area contributed by atoms with E-state index in [-0.39, 0.29) is 35.3 Å². The minimum absolute atomic E-state index is 0.0164. The highest BCUT2D eigenvalue weighted by Crippen LogP contribution is 2.59. The summed E-state index contributed by atoms with van der Waals surface area (Å²) in [6.07, 6.45) is 7.96. The summed E-state index contributed by atoms with van der Waals surface area (Å²) in [6.45, 7) is 3.95. The fraction of sp³-hybridized carbons (Fsp3) is 0.452. The molecule has 0 unspecified atom stereocenters. The number of amides is 1. The molecule has 3 saturated carbocycles. The molecule has 1 aromatic heterocycles. The number of rotatable bonds is 6. The monoisotopic (exact) mass is 495 g/mol. The van der Waals surface area contributed by atoms with E-state index >= 15 is 0 Å². The fourth-order valence-electron chi connectivity index (χ4n) is 6.49. The van der Waals surface area contributed by atoms with Crippen molar-refractivity contribution in [1.82, 2.24) is 15.1 Å². The number of nitrogens with one attached hydrogen (secondary N) is 1. The second kappa shape index (κ2) is 9.06. The number of fused-ring (bicyclic) bond motifs is 1. The molecular formula is C31H33N3O3. The molecule has 2 aromatic carbocycles. The van der Waals surface area contributed by atoms with E-state index in [1.54, 1.807) is 0 Å². The van der Waals surface area contributed by atoms with E-state index in [1.807, 2.05) is 29.9 Å². The summed E-state index contributed by atoms with van der Waals surface area (Å²) in [5.41, 5.74) is 5.08. The van der Waals surface area contributed by atoms with Gasteiger partial charge in [0, 0.05) is 17.0 Å². The van der Waals surface area contributed by atoms with Crippen molar-refractivity contribution >= 4 is 22.8 Å². The third-order valence-electron chi connectivity index (χ3n) is 8.68. The molecule has 3 aliphatic carbocycles. The zero-order chi connectivity index (χ0) is 25.7. The Balaban J connectivity index is 1.24. The molecule has 1 amide bonds. The summed E-state index contributed by atoms with van der Waals surface area (Å²) in [7, 11) is 1.45. The summed E-state index contributed by atoms with van der Waals surface area (Å²) in [5.74, 6) is 6.70. The Morgan fingerprint density at radius 2 is 1.84 bits per heavy atom. The maximum Gasteiger partial charge on any atom is 0.308 e. The van der Waals surface area contributed by atoms with Gasteiger partial charge >= 0.3 is 5.97 Å². The molecule has 6 nitrogen and oxygen atoms in total. The van der Waals surface area contributed by atoms with Crippen molar-refractivity contribution in [2.45, 2.75) is 70.4 Å². The summed E-state index contributed by atoms with van der Waals surface area (Å²) in [4.78, 5) is 25.3. The van der Waals surface area contributed by atoms with E-state index in [2.05, 4.69) is 48.3 Å². The highest BCUT2D eigenvalue weighted by atomic mass is 16.5. The minimum Gasteiger partial charge on any atom is -0.469 e. The van der Waals surface area contributed by atoms with Crippen LogP contribution in [0.2, 0.25) is 0 Å². The molecule has 3 fully saturated rings. The van der Waals surface area contributed by atoms with E-state index < -0.39 is 0 Å². The number of nitrogens with zero attached hydrogens (tertiary/aromatic N) is 2. The van der Waals surface area contributed by atoms with Gasteiger partial charge in [-0.15, -0.1) is 5.92 Å². The van der Waals surface area contributed by atoms with Crippen LogP contribution in [0.25, 0.3) is 10.9 Å². The number of ether oxygens (including phenoxy) is 1. The first kappa shape index (κ1) is 23.8. The van der Waals surface area contributed by atoms with Crippen LogP contribution >= 0.6 is 0 Å². The summed E-state index contributed by atoms with van der Waals surface area (Å²) in [6, 6.07) is 12.7. The topological polar surface area (TPSA) is 73.2 Å². The van der Waals surface area contributed by atoms with Gasteiger partial charge in [-0.3, -0.25) is 14.3 Å². The summed E-state index contributed by atoms with van der Waals surface area (Å²) < 4.78 is 6.84. The molecule has 1 N–H and O–H groups in total. The number of hydrogen-bond donors (Lipinski definition) is 1. The van der Waals surface area contributed by atoms with E-state index in [0.717, 1.165) is 48.1 Å². The Labute approximate surface area is 217 Å². The van der Waals surface area contributed by atoms with Crippen molar-refractivity contribution in [3.8, 4) is 11.8 Å². The lowest BCUT2D eigenvalue weighted by molar-refractivity contribution is -0.159. The van der Waals surface area contributed by atoms with Crippen molar-refractivity contribution in [3.63, 3.8) is 0 Å². The van der Waals surface area contributed by atoms with Gasteiger partial charge in [-0.1, -0.05) is 30.2 Å². The summed E-state index contributed by atoms with van der Waals surface area (Å²) in [5, 5.41) is 8.89. The molecule has 0 saturated heterocycles. The van der Waals surface area contributed by atoms with Crippen LogP contribution in [-0.2, 0) is 9.53 Å². The number of benzene rings is 2. The molecule has 6 heteroatoms. The van der Waals surface area contributed by atoms with Gasteiger partial charge in [0.05, 0.1) is 36.3 Å². The molecule has 37 heavy (non-hydrogen) atoms. The number of carbonyl (C=O) groups is 2. The maximum absolute atomic E-state index is 13.5. The molecule has 3 aliphatic rings. The van der Waals surface area contributed by atoms with Crippen LogP contribution in [0.1, 0.15) is 91.4 Å². The first-order chi connectivity index (χ1) is 17.9. The maximum atomic E-state index is 13.5. The van der Waals surface area contributed by atoms with Crippen LogP contribution in [0.4, 0.5) is 0 Å². The van der Waals surface area contributed by atoms with Crippen LogP contribution in [0.15, 0.2) is 42.6 Å². The number of carbonyl (C=O) groups excluding carboxylic acids is 2. The zero-order valence-electron chi connectivity index (χ0n) is 21.7. The molecule has 0 aliphatic heterocycles. The molecule has 3 aromatic rings. The Morgan fingerprint density at radius 1 is 1.11 bits per heavy atom. The van der Waals surface area contributed by atoms with Gasteiger partial charge in [-0.25, -0.2) is 0 Å². The average Bonchev–Trinajstić information content (AvgIpc) is 3.62. The Kier molecular flexibility index (Phi) is 5.82. The number of aromatic nitrogens is 2. The largest absolute Gasteiger partial charge is 0.469 e. The van der Waals surface area contributed by atoms with Gasteiger partial charge in [-0.05, 0) is 87.0 Å². The number of hydrogen-bond acceptors (Lipinski definition) is 4. The van der Waals surface area contributed by atoms with Gasteiger partial charge in [-0.2, -0.15) is 5.10 Å². The number of methoxy groups -OCH3 is 1. The molecule has 6 rings (SSSR count). The second-order valence-electron chi connectivity index (χ2n) is 11.2. The first-order valence-corrected chi connectivity index (χ1v) is 13.3. The molecule has 0 radical (unpaired) electrons.